The SMILES string of the molecule is CCOC(=O)Cn1nc(C)c2cnn(-c3ccc(C)cc3C)c2c1=O. The first-order valence-corrected chi connectivity index (χ1v) is 8.11. The first-order chi connectivity index (χ1) is 11.9. The van der Waals surface area contributed by atoms with Gasteiger partial charge < -0.3 is 4.74 Å². The Morgan fingerprint density at radius 3 is 2.68 bits per heavy atom. The lowest BCUT2D eigenvalue weighted by molar-refractivity contribution is -0.144. The molecule has 0 fully saturated rings. The summed E-state index contributed by atoms with van der Waals surface area (Å²) >= 11 is 0. The van der Waals surface area contributed by atoms with Gasteiger partial charge in [-0.1, -0.05) is 17.7 Å². The van der Waals surface area contributed by atoms with Crippen LogP contribution >= 0.6 is 0 Å². The van der Waals surface area contributed by atoms with Crippen LogP contribution in [0.15, 0.2) is 29.2 Å². The Kier molecular flexibility index (Phi) is 4.39. The summed E-state index contributed by atoms with van der Waals surface area (Å²) in [4.78, 5) is 24.6. The van der Waals surface area contributed by atoms with Gasteiger partial charge in [-0.05, 0) is 39.3 Å². The average Bonchev–Trinajstić information content (AvgIpc) is 2.98. The summed E-state index contributed by atoms with van der Waals surface area (Å²) in [5.74, 6) is -0.492. The van der Waals surface area contributed by atoms with E-state index in [0.717, 1.165) is 21.5 Å². The van der Waals surface area contributed by atoms with Crippen molar-refractivity contribution >= 4 is 16.9 Å². The van der Waals surface area contributed by atoms with E-state index in [-0.39, 0.29) is 18.7 Å². The van der Waals surface area contributed by atoms with E-state index in [1.54, 1.807) is 24.7 Å². The zero-order valence-electron chi connectivity index (χ0n) is 14.7. The second-order valence-corrected chi connectivity index (χ2v) is 5.96. The van der Waals surface area contributed by atoms with E-state index in [4.69, 9.17) is 4.74 Å². The highest BCUT2D eigenvalue weighted by Gasteiger charge is 2.17. The largest absolute Gasteiger partial charge is 0.465 e. The summed E-state index contributed by atoms with van der Waals surface area (Å²) in [5, 5.41) is 9.27. The minimum absolute atomic E-state index is 0.221. The lowest BCUT2D eigenvalue weighted by Crippen LogP contribution is -2.29. The highest BCUT2D eigenvalue weighted by Crippen LogP contribution is 2.20. The molecule has 0 aliphatic rings. The van der Waals surface area contributed by atoms with E-state index >= 15 is 0 Å². The van der Waals surface area contributed by atoms with Gasteiger partial charge in [0.2, 0.25) is 0 Å². The van der Waals surface area contributed by atoms with E-state index in [1.165, 1.54) is 0 Å². The first-order valence-electron chi connectivity index (χ1n) is 8.11. The van der Waals surface area contributed by atoms with Crippen LogP contribution in [0.2, 0.25) is 0 Å². The molecular weight excluding hydrogens is 320 g/mol. The monoisotopic (exact) mass is 340 g/mol. The normalized spacial score (nSPS) is 11.0. The molecule has 25 heavy (non-hydrogen) atoms. The summed E-state index contributed by atoms with van der Waals surface area (Å²) in [5.41, 5.74) is 3.64. The molecule has 0 radical (unpaired) electrons. The number of hydrogen-bond acceptors (Lipinski definition) is 5. The smallest absolute Gasteiger partial charge is 0.327 e. The van der Waals surface area contributed by atoms with Crippen molar-refractivity contribution in [2.24, 2.45) is 0 Å². The highest BCUT2D eigenvalue weighted by molar-refractivity contribution is 5.81. The number of nitrogens with zero attached hydrogens (tertiary/aromatic N) is 4. The molecule has 0 aliphatic carbocycles. The van der Waals surface area contributed by atoms with Gasteiger partial charge in [0.05, 0.1) is 24.2 Å². The molecule has 2 heterocycles. The van der Waals surface area contributed by atoms with Crippen LogP contribution in [0, 0.1) is 20.8 Å². The van der Waals surface area contributed by atoms with Crippen LogP contribution in [-0.2, 0) is 16.1 Å². The van der Waals surface area contributed by atoms with E-state index in [9.17, 15) is 9.59 Å². The zero-order chi connectivity index (χ0) is 18.1. The molecule has 3 rings (SSSR count). The summed E-state index contributed by atoms with van der Waals surface area (Å²) in [6.07, 6.45) is 1.63. The third-order valence-electron chi connectivity index (χ3n) is 4.03. The molecule has 7 nitrogen and oxygen atoms in total. The van der Waals surface area contributed by atoms with Crippen molar-refractivity contribution in [1.82, 2.24) is 19.6 Å². The molecule has 0 bridgehead atoms. The molecule has 0 saturated heterocycles. The maximum absolute atomic E-state index is 12.9. The van der Waals surface area contributed by atoms with Gasteiger partial charge in [-0.2, -0.15) is 10.2 Å². The van der Waals surface area contributed by atoms with Crippen molar-refractivity contribution < 1.29 is 9.53 Å². The summed E-state index contributed by atoms with van der Waals surface area (Å²) < 4.78 is 7.67. The number of esters is 1. The van der Waals surface area contributed by atoms with Crippen molar-refractivity contribution in [1.29, 1.82) is 0 Å². The Labute approximate surface area is 144 Å². The predicted molar refractivity (Wildman–Crippen MR) is 94.0 cm³/mol. The minimum atomic E-state index is -0.492. The quantitative estimate of drug-likeness (QED) is 0.679. The van der Waals surface area contributed by atoms with Crippen LogP contribution in [0.25, 0.3) is 16.6 Å². The van der Waals surface area contributed by atoms with E-state index in [0.29, 0.717) is 16.6 Å². The Balaban J connectivity index is 2.20. The molecule has 0 N–H and O–H groups in total. The maximum atomic E-state index is 12.9. The van der Waals surface area contributed by atoms with Crippen molar-refractivity contribution in [2.75, 3.05) is 6.61 Å². The molecule has 130 valence electrons. The number of ether oxygens (including phenoxy) is 1. The lowest BCUT2D eigenvalue weighted by Gasteiger charge is -2.10. The molecule has 1 aromatic carbocycles. The number of hydrogen-bond donors (Lipinski definition) is 0. The third-order valence-corrected chi connectivity index (χ3v) is 4.03. The van der Waals surface area contributed by atoms with Crippen molar-refractivity contribution in [3.8, 4) is 5.69 Å². The van der Waals surface area contributed by atoms with Crippen LogP contribution in [0.5, 0.6) is 0 Å². The van der Waals surface area contributed by atoms with Crippen molar-refractivity contribution in [2.45, 2.75) is 34.2 Å². The van der Waals surface area contributed by atoms with Gasteiger partial charge in [-0.3, -0.25) is 9.59 Å². The Morgan fingerprint density at radius 1 is 1.24 bits per heavy atom. The highest BCUT2D eigenvalue weighted by atomic mass is 16.5. The van der Waals surface area contributed by atoms with E-state index < -0.39 is 5.97 Å². The number of carbonyl (C=O) groups excluding carboxylic acids is 1. The Morgan fingerprint density at radius 2 is 2.00 bits per heavy atom. The molecule has 0 amide bonds. The van der Waals surface area contributed by atoms with Crippen LogP contribution in [-0.4, -0.2) is 32.1 Å². The Bertz CT molecular complexity index is 1020. The van der Waals surface area contributed by atoms with Gasteiger partial charge in [-0.25, -0.2) is 9.36 Å². The van der Waals surface area contributed by atoms with Gasteiger partial charge in [0.1, 0.15) is 12.1 Å². The van der Waals surface area contributed by atoms with E-state index in [2.05, 4.69) is 10.2 Å². The molecule has 0 atom stereocenters. The summed E-state index contributed by atoms with van der Waals surface area (Å²) in [6.45, 7) is 7.53. The molecule has 0 unspecified atom stereocenters. The topological polar surface area (TPSA) is 79.0 Å². The standard InChI is InChI=1S/C18H20N4O3/c1-5-25-16(23)10-21-18(24)17-14(13(4)20-21)9-19-22(17)15-7-6-11(2)8-12(15)3/h6-9H,5,10H2,1-4H3. The molecule has 2 aromatic heterocycles. The van der Waals surface area contributed by atoms with Crippen LogP contribution < -0.4 is 5.56 Å². The number of aromatic nitrogens is 4. The molecular formula is C18H20N4O3. The number of carbonyl (C=O) groups is 1. The van der Waals surface area contributed by atoms with E-state index in [1.807, 2.05) is 32.0 Å². The van der Waals surface area contributed by atoms with Crippen LogP contribution in [0.1, 0.15) is 23.7 Å². The fourth-order valence-electron chi connectivity index (χ4n) is 2.88. The predicted octanol–water partition coefficient (Wildman–Crippen LogP) is 2.07. The number of rotatable bonds is 4. The van der Waals surface area contributed by atoms with Gasteiger partial charge in [0.25, 0.3) is 5.56 Å². The number of fused-ring (bicyclic) bond motifs is 1. The molecule has 7 heteroatoms. The van der Waals surface area contributed by atoms with Gasteiger partial charge in [-0.15, -0.1) is 0 Å². The fourth-order valence-corrected chi connectivity index (χ4v) is 2.88. The number of benzene rings is 1. The fraction of sp³-hybridized carbons (Fsp3) is 0.333. The minimum Gasteiger partial charge on any atom is -0.465 e. The second kappa shape index (κ2) is 6.51. The van der Waals surface area contributed by atoms with Gasteiger partial charge in [0.15, 0.2) is 0 Å². The third kappa shape index (κ3) is 3.05. The van der Waals surface area contributed by atoms with Crippen LogP contribution in [0.4, 0.5) is 0 Å². The van der Waals surface area contributed by atoms with Gasteiger partial charge in [0, 0.05) is 5.39 Å². The molecule has 0 aliphatic heterocycles. The van der Waals surface area contributed by atoms with Crippen LogP contribution in [0.3, 0.4) is 0 Å². The summed E-state index contributed by atoms with van der Waals surface area (Å²) in [6, 6.07) is 5.94. The van der Waals surface area contributed by atoms with Crippen molar-refractivity contribution in [3.63, 3.8) is 0 Å². The number of aryl methyl sites for hydroxylation is 3. The average molecular weight is 340 g/mol. The molecule has 3 aromatic rings. The first kappa shape index (κ1) is 16.9. The molecule has 0 saturated carbocycles. The maximum Gasteiger partial charge on any atom is 0.327 e. The van der Waals surface area contributed by atoms with Crippen molar-refractivity contribution in [3.05, 3.63) is 51.6 Å². The lowest BCUT2D eigenvalue weighted by atomic mass is 10.1. The van der Waals surface area contributed by atoms with Gasteiger partial charge >= 0.3 is 5.97 Å². The Hall–Kier alpha value is -2.96. The molecule has 0 spiro atoms. The second-order valence-electron chi connectivity index (χ2n) is 5.96. The summed E-state index contributed by atoms with van der Waals surface area (Å²) in [7, 11) is 0. The zero-order valence-corrected chi connectivity index (χ0v) is 14.7.